The van der Waals surface area contributed by atoms with E-state index >= 15 is 0 Å². The number of benzene rings is 1. The average molecular weight is 452 g/mol. The molecule has 0 aliphatic carbocycles. The standard InChI is InChI=1S/C23H25FN6O3/c1-15(31)25-13-20-14-30(23(32)33-20)19-8-9-21(22(24)10-19)16-6-7-17(26-11-16)4-2-3-5-18-12-27-29-28-18/h6-12,20H,2-5,13-14H2,1H3,(H,25,31)(H,27,28,29)/t20-/m0/s1. The predicted molar refractivity (Wildman–Crippen MR) is 119 cm³/mol. The van der Waals surface area contributed by atoms with Crippen molar-refractivity contribution >= 4 is 17.7 Å². The van der Waals surface area contributed by atoms with Gasteiger partial charge in [-0.2, -0.15) is 15.4 Å². The fourth-order valence-corrected chi connectivity index (χ4v) is 3.69. The summed E-state index contributed by atoms with van der Waals surface area (Å²) in [6.45, 7) is 1.85. The van der Waals surface area contributed by atoms with Crippen molar-refractivity contribution in [2.24, 2.45) is 0 Å². The van der Waals surface area contributed by atoms with E-state index in [2.05, 4.69) is 25.7 Å². The molecule has 0 saturated carbocycles. The van der Waals surface area contributed by atoms with Crippen LogP contribution in [0.3, 0.4) is 0 Å². The van der Waals surface area contributed by atoms with E-state index in [1.807, 2.05) is 12.1 Å². The lowest BCUT2D eigenvalue weighted by atomic mass is 10.0. The number of aromatic amines is 1. The molecule has 2 amide bonds. The highest BCUT2D eigenvalue weighted by Gasteiger charge is 2.32. The van der Waals surface area contributed by atoms with Gasteiger partial charge in [0.2, 0.25) is 5.91 Å². The van der Waals surface area contributed by atoms with Gasteiger partial charge in [-0.25, -0.2) is 9.18 Å². The Morgan fingerprint density at radius 1 is 1.21 bits per heavy atom. The number of aromatic nitrogens is 4. The summed E-state index contributed by atoms with van der Waals surface area (Å²) in [7, 11) is 0. The maximum Gasteiger partial charge on any atom is 0.414 e. The summed E-state index contributed by atoms with van der Waals surface area (Å²) < 4.78 is 20.1. The number of hydrogen-bond donors (Lipinski definition) is 2. The van der Waals surface area contributed by atoms with Crippen molar-refractivity contribution in [2.75, 3.05) is 18.0 Å². The number of cyclic esters (lactones) is 1. The average Bonchev–Trinajstić information content (AvgIpc) is 3.45. The molecule has 0 bridgehead atoms. The first-order valence-corrected chi connectivity index (χ1v) is 10.8. The van der Waals surface area contributed by atoms with Crippen LogP contribution in [0.1, 0.15) is 31.2 Å². The third-order valence-electron chi connectivity index (χ3n) is 5.43. The molecular formula is C23H25FN6O3. The first-order valence-electron chi connectivity index (χ1n) is 10.8. The lowest BCUT2D eigenvalue weighted by Gasteiger charge is -2.14. The number of pyridine rings is 1. The summed E-state index contributed by atoms with van der Waals surface area (Å²) in [6.07, 6.45) is 6.00. The number of halogens is 1. The Kier molecular flexibility index (Phi) is 6.92. The lowest BCUT2D eigenvalue weighted by molar-refractivity contribution is -0.119. The van der Waals surface area contributed by atoms with E-state index in [1.54, 1.807) is 24.5 Å². The molecule has 1 fully saturated rings. The second-order valence-electron chi connectivity index (χ2n) is 7.92. The van der Waals surface area contributed by atoms with E-state index in [-0.39, 0.29) is 19.0 Å². The number of H-pyrrole nitrogens is 1. The molecule has 4 rings (SSSR count). The van der Waals surface area contributed by atoms with E-state index < -0.39 is 18.0 Å². The fraction of sp³-hybridized carbons (Fsp3) is 0.348. The second-order valence-corrected chi connectivity index (χ2v) is 7.92. The number of nitrogens with zero attached hydrogens (tertiary/aromatic N) is 4. The molecule has 0 unspecified atom stereocenters. The Morgan fingerprint density at radius 2 is 2.03 bits per heavy atom. The molecule has 0 radical (unpaired) electrons. The highest BCUT2D eigenvalue weighted by molar-refractivity contribution is 5.90. The third-order valence-corrected chi connectivity index (χ3v) is 5.43. The molecule has 2 N–H and O–H groups in total. The van der Waals surface area contributed by atoms with Crippen molar-refractivity contribution in [3.05, 3.63) is 59.9 Å². The molecule has 1 aromatic carbocycles. The van der Waals surface area contributed by atoms with Crippen LogP contribution in [-0.2, 0) is 22.4 Å². The number of carbonyl (C=O) groups excluding carboxylic acids is 2. The molecule has 33 heavy (non-hydrogen) atoms. The quantitative estimate of drug-likeness (QED) is 0.483. The van der Waals surface area contributed by atoms with Gasteiger partial charge >= 0.3 is 6.09 Å². The monoisotopic (exact) mass is 452 g/mol. The van der Waals surface area contributed by atoms with Crippen LogP contribution in [0.5, 0.6) is 0 Å². The van der Waals surface area contributed by atoms with Gasteiger partial charge in [0.05, 0.1) is 30.7 Å². The van der Waals surface area contributed by atoms with Crippen LogP contribution in [0.2, 0.25) is 0 Å². The molecule has 3 aromatic rings. The molecular weight excluding hydrogens is 427 g/mol. The topological polar surface area (TPSA) is 113 Å². The van der Waals surface area contributed by atoms with E-state index in [4.69, 9.17) is 4.74 Å². The summed E-state index contributed by atoms with van der Waals surface area (Å²) in [5, 5.41) is 13.1. The lowest BCUT2D eigenvalue weighted by Crippen LogP contribution is -2.33. The molecule has 0 spiro atoms. The van der Waals surface area contributed by atoms with E-state index in [0.717, 1.165) is 37.1 Å². The highest BCUT2D eigenvalue weighted by atomic mass is 19.1. The first kappa shape index (κ1) is 22.4. The van der Waals surface area contributed by atoms with Crippen LogP contribution in [0.15, 0.2) is 42.7 Å². The number of carbonyl (C=O) groups is 2. The first-order chi connectivity index (χ1) is 16.0. The predicted octanol–water partition coefficient (Wildman–Crippen LogP) is 3.03. The normalized spacial score (nSPS) is 15.5. The third kappa shape index (κ3) is 5.71. The Hall–Kier alpha value is -3.82. The maximum absolute atomic E-state index is 14.9. The van der Waals surface area contributed by atoms with Crippen LogP contribution < -0.4 is 10.2 Å². The number of unbranched alkanes of at least 4 members (excludes halogenated alkanes) is 1. The molecule has 3 heterocycles. The van der Waals surface area contributed by atoms with Crippen LogP contribution in [0.25, 0.3) is 11.1 Å². The molecule has 9 nitrogen and oxygen atoms in total. The number of nitrogens with one attached hydrogen (secondary N) is 2. The number of rotatable bonds is 9. The maximum atomic E-state index is 14.9. The molecule has 1 atom stereocenters. The van der Waals surface area contributed by atoms with Crippen molar-refractivity contribution in [3.63, 3.8) is 0 Å². The number of aryl methyl sites for hydroxylation is 2. The Morgan fingerprint density at radius 3 is 2.70 bits per heavy atom. The summed E-state index contributed by atoms with van der Waals surface area (Å²) in [5.41, 5.74) is 3.37. The Labute approximate surface area is 190 Å². The van der Waals surface area contributed by atoms with Crippen LogP contribution in [0, 0.1) is 5.82 Å². The summed E-state index contributed by atoms with van der Waals surface area (Å²) in [6, 6.07) is 8.38. The fourth-order valence-electron chi connectivity index (χ4n) is 3.69. The number of anilines is 1. The van der Waals surface area contributed by atoms with Gasteiger partial charge in [-0.1, -0.05) is 6.07 Å². The van der Waals surface area contributed by atoms with Crippen molar-refractivity contribution in [3.8, 4) is 11.1 Å². The molecule has 172 valence electrons. The summed E-state index contributed by atoms with van der Waals surface area (Å²) >= 11 is 0. The van der Waals surface area contributed by atoms with Gasteiger partial charge in [0.15, 0.2) is 0 Å². The zero-order chi connectivity index (χ0) is 23.2. The SMILES string of the molecule is CC(=O)NC[C@H]1CN(c2ccc(-c3ccc(CCCCc4cn[nH]n4)nc3)c(F)c2)C(=O)O1. The highest BCUT2D eigenvalue weighted by Crippen LogP contribution is 2.29. The van der Waals surface area contributed by atoms with Gasteiger partial charge in [-0.15, -0.1) is 0 Å². The summed E-state index contributed by atoms with van der Waals surface area (Å²) in [4.78, 5) is 29.0. The van der Waals surface area contributed by atoms with Gasteiger partial charge < -0.3 is 10.1 Å². The Balaban J connectivity index is 1.34. The minimum absolute atomic E-state index is 0.203. The van der Waals surface area contributed by atoms with Gasteiger partial charge in [-0.05, 0) is 49.9 Å². The van der Waals surface area contributed by atoms with Crippen LogP contribution in [-0.4, -0.2) is 51.6 Å². The molecule has 1 saturated heterocycles. The molecule has 10 heteroatoms. The van der Waals surface area contributed by atoms with Crippen LogP contribution >= 0.6 is 0 Å². The smallest absolute Gasteiger partial charge is 0.414 e. The van der Waals surface area contributed by atoms with Crippen molar-refractivity contribution < 1.29 is 18.7 Å². The largest absolute Gasteiger partial charge is 0.442 e. The van der Waals surface area contributed by atoms with Crippen molar-refractivity contribution in [1.29, 1.82) is 0 Å². The molecule has 1 aliphatic rings. The van der Waals surface area contributed by atoms with Crippen molar-refractivity contribution in [1.82, 2.24) is 25.7 Å². The van der Waals surface area contributed by atoms with Gasteiger partial charge in [0.25, 0.3) is 0 Å². The van der Waals surface area contributed by atoms with Gasteiger partial charge in [-0.3, -0.25) is 14.7 Å². The zero-order valence-corrected chi connectivity index (χ0v) is 18.3. The van der Waals surface area contributed by atoms with Gasteiger partial charge in [0, 0.05) is 29.9 Å². The number of amides is 2. The molecule has 2 aromatic heterocycles. The van der Waals surface area contributed by atoms with Gasteiger partial charge in [0.1, 0.15) is 11.9 Å². The van der Waals surface area contributed by atoms with E-state index in [0.29, 0.717) is 16.8 Å². The minimum atomic E-state index is -0.563. The number of hydrogen-bond acceptors (Lipinski definition) is 6. The summed E-state index contributed by atoms with van der Waals surface area (Å²) in [5.74, 6) is -0.654. The zero-order valence-electron chi connectivity index (χ0n) is 18.3. The van der Waals surface area contributed by atoms with Crippen LogP contribution in [0.4, 0.5) is 14.9 Å². The Bertz CT molecular complexity index is 1100. The molecule has 1 aliphatic heterocycles. The van der Waals surface area contributed by atoms with E-state index in [9.17, 15) is 14.0 Å². The minimum Gasteiger partial charge on any atom is -0.442 e. The number of ether oxygens (including phenoxy) is 1. The van der Waals surface area contributed by atoms with Crippen molar-refractivity contribution in [2.45, 2.75) is 38.7 Å². The second kappa shape index (κ2) is 10.2. The van der Waals surface area contributed by atoms with E-state index in [1.165, 1.54) is 17.9 Å².